The van der Waals surface area contributed by atoms with Gasteiger partial charge < -0.3 is 4.42 Å². The number of rotatable bonds is 3. The van der Waals surface area contributed by atoms with Crippen LogP contribution in [0.2, 0.25) is 0 Å². The first-order valence-electron chi connectivity index (χ1n) is 8.55. The van der Waals surface area contributed by atoms with E-state index in [9.17, 15) is 4.39 Å². The average molecular weight is 355 g/mol. The van der Waals surface area contributed by atoms with E-state index in [1.807, 2.05) is 60.8 Å². The lowest BCUT2D eigenvalue weighted by Gasteiger charge is -2.00. The van der Waals surface area contributed by atoms with Crippen molar-refractivity contribution in [2.24, 2.45) is 0 Å². The Morgan fingerprint density at radius 1 is 0.815 bits per heavy atom. The van der Waals surface area contributed by atoms with Crippen LogP contribution in [0.1, 0.15) is 0 Å². The van der Waals surface area contributed by atoms with E-state index < -0.39 is 0 Å². The zero-order valence-electron chi connectivity index (χ0n) is 14.2. The molecule has 5 heteroatoms. The van der Waals surface area contributed by atoms with E-state index >= 15 is 0 Å². The van der Waals surface area contributed by atoms with Crippen LogP contribution in [0.3, 0.4) is 0 Å². The van der Waals surface area contributed by atoms with Crippen LogP contribution < -0.4 is 0 Å². The van der Waals surface area contributed by atoms with Gasteiger partial charge in [-0.3, -0.25) is 0 Å². The lowest BCUT2D eigenvalue weighted by Crippen LogP contribution is -1.94. The molecule has 2 aromatic heterocycles. The molecule has 2 heterocycles. The third-order valence-corrected chi connectivity index (χ3v) is 4.38. The van der Waals surface area contributed by atoms with Crippen LogP contribution in [-0.4, -0.2) is 14.8 Å². The normalized spacial score (nSPS) is 11.1. The van der Waals surface area contributed by atoms with Gasteiger partial charge in [-0.1, -0.05) is 30.3 Å². The number of fused-ring (bicyclic) bond motifs is 1. The summed E-state index contributed by atoms with van der Waals surface area (Å²) in [6, 6.07) is 23.7. The van der Waals surface area contributed by atoms with Gasteiger partial charge in [0.1, 0.15) is 17.0 Å². The molecule has 0 radical (unpaired) electrons. The third-order valence-electron chi connectivity index (χ3n) is 4.38. The molecule has 0 aliphatic carbocycles. The van der Waals surface area contributed by atoms with Crippen molar-refractivity contribution < 1.29 is 8.81 Å². The SMILES string of the molecule is Fc1ccc(-c2nn(-c3ccccc3)cc2-c2nc3ccccc3o2)cc1. The quantitative estimate of drug-likeness (QED) is 0.430. The summed E-state index contributed by atoms with van der Waals surface area (Å²) in [6.07, 6.45) is 1.89. The molecule has 5 rings (SSSR count). The van der Waals surface area contributed by atoms with Crippen molar-refractivity contribution in [1.82, 2.24) is 14.8 Å². The first-order chi connectivity index (χ1) is 13.3. The molecule has 0 atom stereocenters. The summed E-state index contributed by atoms with van der Waals surface area (Å²) in [6.45, 7) is 0. The number of benzene rings is 3. The van der Waals surface area contributed by atoms with Gasteiger partial charge in [0, 0.05) is 11.8 Å². The van der Waals surface area contributed by atoms with Crippen molar-refractivity contribution in [3.05, 3.63) is 90.9 Å². The second-order valence-corrected chi connectivity index (χ2v) is 6.17. The molecule has 3 aromatic carbocycles. The number of hydrogen-bond donors (Lipinski definition) is 0. The van der Waals surface area contributed by atoms with Crippen molar-refractivity contribution in [3.8, 4) is 28.4 Å². The Labute approximate surface area is 154 Å². The smallest absolute Gasteiger partial charge is 0.231 e. The van der Waals surface area contributed by atoms with Crippen molar-refractivity contribution in [2.75, 3.05) is 0 Å². The highest BCUT2D eigenvalue weighted by molar-refractivity contribution is 5.81. The molecule has 0 fully saturated rings. The van der Waals surface area contributed by atoms with Crippen LogP contribution in [0.5, 0.6) is 0 Å². The van der Waals surface area contributed by atoms with Gasteiger partial charge in [0.05, 0.1) is 11.3 Å². The Hall–Kier alpha value is -3.73. The molecule has 0 unspecified atom stereocenters. The van der Waals surface area contributed by atoms with Crippen LogP contribution in [-0.2, 0) is 0 Å². The van der Waals surface area contributed by atoms with Gasteiger partial charge in [-0.05, 0) is 48.5 Å². The van der Waals surface area contributed by atoms with Gasteiger partial charge in [-0.15, -0.1) is 0 Å². The molecule has 0 aliphatic heterocycles. The van der Waals surface area contributed by atoms with E-state index in [1.165, 1.54) is 12.1 Å². The number of para-hydroxylation sites is 3. The van der Waals surface area contributed by atoms with Crippen LogP contribution in [0.4, 0.5) is 4.39 Å². The fraction of sp³-hybridized carbons (Fsp3) is 0. The highest BCUT2D eigenvalue weighted by Gasteiger charge is 2.19. The molecule has 0 spiro atoms. The Morgan fingerprint density at radius 2 is 1.56 bits per heavy atom. The zero-order valence-corrected chi connectivity index (χ0v) is 14.2. The monoisotopic (exact) mass is 355 g/mol. The number of hydrogen-bond acceptors (Lipinski definition) is 3. The topological polar surface area (TPSA) is 43.9 Å². The lowest BCUT2D eigenvalue weighted by molar-refractivity contribution is 0.620. The Morgan fingerprint density at radius 3 is 2.33 bits per heavy atom. The van der Waals surface area contributed by atoms with Gasteiger partial charge in [0.25, 0.3) is 0 Å². The summed E-state index contributed by atoms with van der Waals surface area (Å²) in [5.74, 6) is 0.197. The summed E-state index contributed by atoms with van der Waals surface area (Å²) in [5.41, 5.74) is 4.65. The number of oxazole rings is 1. The maximum atomic E-state index is 13.4. The fourth-order valence-electron chi connectivity index (χ4n) is 3.05. The summed E-state index contributed by atoms with van der Waals surface area (Å²) >= 11 is 0. The molecule has 27 heavy (non-hydrogen) atoms. The summed E-state index contributed by atoms with van der Waals surface area (Å²) in [5, 5.41) is 4.72. The van der Waals surface area contributed by atoms with Crippen molar-refractivity contribution in [3.63, 3.8) is 0 Å². The van der Waals surface area contributed by atoms with E-state index in [4.69, 9.17) is 9.52 Å². The number of nitrogens with zero attached hydrogens (tertiary/aromatic N) is 3. The minimum absolute atomic E-state index is 0.287. The standard InChI is InChI=1S/C22H14FN3O/c23-16-12-10-15(11-13-16)21-18(14-26(25-21)17-6-2-1-3-7-17)22-24-19-8-4-5-9-20(19)27-22/h1-14H. The second kappa shape index (κ2) is 6.21. The Bertz CT molecular complexity index is 1190. The van der Waals surface area contributed by atoms with Gasteiger partial charge in [-0.2, -0.15) is 5.10 Å². The Balaban J connectivity index is 1.72. The van der Waals surface area contributed by atoms with E-state index in [2.05, 4.69) is 4.98 Å². The number of halogens is 1. The molecule has 0 bridgehead atoms. The minimum Gasteiger partial charge on any atom is -0.436 e. The largest absolute Gasteiger partial charge is 0.436 e. The lowest BCUT2D eigenvalue weighted by atomic mass is 10.1. The Kier molecular flexibility index (Phi) is 3.57. The zero-order chi connectivity index (χ0) is 18.2. The third kappa shape index (κ3) is 2.79. The molecule has 5 aromatic rings. The maximum Gasteiger partial charge on any atom is 0.231 e. The van der Waals surface area contributed by atoms with Crippen molar-refractivity contribution in [1.29, 1.82) is 0 Å². The molecule has 0 saturated carbocycles. The molecular formula is C22H14FN3O. The predicted molar refractivity (Wildman–Crippen MR) is 102 cm³/mol. The minimum atomic E-state index is -0.287. The van der Waals surface area contributed by atoms with Crippen LogP contribution in [0, 0.1) is 5.82 Å². The van der Waals surface area contributed by atoms with E-state index in [-0.39, 0.29) is 5.82 Å². The molecule has 0 saturated heterocycles. The average Bonchev–Trinajstić information content (AvgIpc) is 3.33. The van der Waals surface area contributed by atoms with E-state index in [1.54, 1.807) is 16.8 Å². The van der Waals surface area contributed by atoms with Gasteiger partial charge in [0.2, 0.25) is 5.89 Å². The highest BCUT2D eigenvalue weighted by atomic mass is 19.1. The van der Waals surface area contributed by atoms with Crippen LogP contribution in [0.25, 0.3) is 39.5 Å². The fourth-order valence-corrected chi connectivity index (χ4v) is 3.05. The molecule has 4 nitrogen and oxygen atoms in total. The highest BCUT2D eigenvalue weighted by Crippen LogP contribution is 2.33. The summed E-state index contributed by atoms with van der Waals surface area (Å²) < 4.78 is 21.1. The van der Waals surface area contributed by atoms with Crippen LogP contribution in [0.15, 0.2) is 89.5 Å². The maximum absolute atomic E-state index is 13.4. The number of aromatic nitrogens is 3. The van der Waals surface area contributed by atoms with Crippen molar-refractivity contribution in [2.45, 2.75) is 0 Å². The first-order valence-corrected chi connectivity index (χ1v) is 8.55. The van der Waals surface area contributed by atoms with E-state index in [0.717, 1.165) is 22.3 Å². The van der Waals surface area contributed by atoms with Crippen molar-refractivity contribution >= 4 is 11.1 Å². The van der Waals surface area contributed by atoms with Gasteiger partial charge in [0.15, 0.2) is 5.58 Å². The molecule has 0 N–H and O–H groups in total. The molecule has 130 valence electrons. The van der Waals surface area contributed by atoms with Gasteiger partial charge >= 0.3 is 0 Å². The predicted octanol–water partition coefficient (Wildman–Crippen LogP) is 5.49. The first kappa shape index (κ1) is 15.5. The van der Waals surface area contributed by atoms with Gasteiger partial charge in [-0.25, -0.2) is 14.1 Å². The molecule has 0 aliphatic rings. The van der Waals surface area contributed by atoms with E-state index in [0.29, 0.717) is 17.2 Å². The summed E-state index contributed by atoms with van der Waals surface area (Å²) in [7, 11) is 0. The molecule has 0 amide bonds. The summed E-state index contributed by atoms with van der Waals surface area (Å²) in [4.78, 5) is 4.60. The molecular weight excluding hydrogens is 341 g/mol. The second-order valence-electron chi connectivity index (χ2n) is 6.17. The van der Waals surface area contributed by atoms with Crippen LogP contribution >= 0.6 is 0 Å².